The molecule has 1 aliphatic heterocycles. The van der Waals surface area contributed by atoms with Crippen molar-refractivity contribution in [1.82, 2.24) is 19.9 Å². The zero-order valence-electron chi connectivity index (χ0n) is 31.8. The van der Waals surface area contributed by atoms with E-state index in [1.165, 1.54) is 4.90 Å². The number of nitrogens with two attached hydrogens (primary N) is 1. The van der Waals surface area contributed by atoms with E-state index in [0.717, 1.165) is 49.2 Å². The van der Waals surface area contributed by atoms with Gasteiger partial charge in [0.25, 0.3) is 0 Å². The molecule has 0 aromatic carbocycles. The van der Waals surface area contributed by atoms with Gasteiger partial charge in [0.05, 0.1) is 52.9 Å². The average Bonchev–Trinajstić information content (AvgIpc) is 3.13. The van der Waals surface area contributed by atoms with Crippen LogP contribution in [0.4, 0.5) is 16.4 Å². The third-order valence-electron chi connectivity index (χ3n) is 8.11. The van der Waals surface area contributed by atoms with Gasteiger partial charge >= 0.3 is 6.09 Å². The first-order valence-corrected chi connectivity index (χ1v) is 18.4. The van der Waals surface area contributed by atoms with E-state index in [4.69, 9.17) is 44.1 Å². The fourth-order valence-electron chi connectivity index (χ4n) is 5.31. The maximum Gasteiger partial charge on any atom is 0.410 e. The van der Waals surface area contributed by atoms with Crippen molar-refractivity contribution in [2.24, 2.45) is 5.73 Å². The first kappa shape index (κ1) is 42.7. The Hall–Kier alpha value is -3.76. The summed E-state index contributed by atoms with van der Waals surface area (Å²) in [5, 5.41) is 13.1. The number of nitrogens with one attached hydrogen (secondary N) is 1. The number of aliphatic hydroxyl groups excluding tert-OH is 1. The lowest BCUT2D eigenvalue weighted by molar-refractivity contribution is -0.00790. The molecule has 4 N–H and O–H groups in total. The zero-order valence-corrected chi connectivity index (χ0v) is 31.8. The number of pyridine rings is 1. The van der Waals surface area contributed by atoms with Gasteiger partial charge in [0.1, 0.15) is 23.8 Å². The van der Waals surface area contributed by atoms with Crippen molar-refractivity contribution < 1.29 is 38.3 Å². The molecule has 1 aliphatic rings. The average molecular weight is 732 g/mol. The molecule has 15 nitrogen and oxygen atoms in total. The standard InChI is InChI=1S/C37H61N7O8/c1-6-30(26-38)35-41-32(25-33(42-35)44-13-8-7-9-31(44)12-15-45)39-27-29-10-11-34(40-28-29)51-24-23-50-22-21-49-20-19-48-18-17-47-16-14-43(5)36(46)52-37(2,3)4/h10-11,25-26,28,31,45H,6-9,12-24,27,38H2,1-5H3,(H,39,41,42)/b30-26-. The van der Waals surface area contributed by atoms with Gasteiger partial charge < -0.3 is 54.4 Å². The van der Waals surface area contributed by atoms with Gasteiger partial charge in [-0.25, -0.2) is 19.7 Å². The fourth-order valence-corrected chi connectivity index (χ4v) is 5.31. The van der Waals surface area contributed by atoms with Crippen molar-refractivity contribution >= 4 is 23.3 Å². The molecule has 0 bridgehead atoms. The first-order valence-electron chi connectivity index (χ1n) is 18.4. The highest BCUT2D eigenvalue weighted by molar-refractivity contribution is 5.67. The molecule has 15 heteroatoms. The van der Waals surface area contributed by atoms with Crippen LogP contribution in [0.25, 0.3) is 5.57 Å². The van der Waals surface area contributed by atoms with Gasteiger partial charge in [-0.15, -0.1) is 0 Å². The van der Waals surface area contributed by atoms with Crippen LogP contribution in [-0.2, 0) is 30.2 Å². The third-order valence-corrected chi connectivity index (χ3v) is 8.11. The lowest BCUT2D eigenvalue weighted by atomic mass is 9.99. The van der Waals surface area contributed by atoms with Crippen molar-refractivity contribution in [1.29, 1.82) is 0 Å². The summed E-state index contributed by atoms with van der Waals surface area (Å²) in [6.45, 7) is 13.4. The van der Waals surface area contributed by atoms with E-state index in [2.05, 4.69) is 15.2 Å². The molecule has 0 spiro atoms. The summed E-state index contributed by atoms with van der Waals surface area (Å²) in [6.07, 6.45) is 7.69. The largest absolute Gasteiger partial charge is 0.475 e. The van der Waals surface area contributed by atoms with Crippen LogP contribution in [-0.4, -0.2) is 129 Å². The van der Waals surface area contributed by atoms with Crippen LogP contribution < -0.4 is 20.7 Å². The molecule has 1 unspecified atom stereocenters. The van der Waals surface area contributed by atoms with Crippen LogP contribution in [0.2, 0.25) is 0 Å². The summed E-state index contributed by atoms with van der Waals surface area (Å²) in [6, 6.07) is 6.03. The van der Waals surface area contributed by atoms with Crippen molar-refractivity contribution in [3.05, 3.63) is 42.0 Å². The fraction of sp³-hybridized carbons (Fsp3) is 0.676. The van der Waals surface area contributed by atoms with Crippen LogP contribution in [0.15, 0.2) is 30.6 Å². The number of piperidine rings is 1. The van der Waals surface area contributed by atoms with Crippen molar-refractivity contribution in [2.75, 3.05) is 96.4 Å². The van der Waals surface area contributed by atoms with Crippen molar-refractivity contribution in [2.45, 2.75) is 78.0 Å². The number of carbonyl (C=O) groups is 1. The lowest BCUT2D eigenvalue weighted by Crippen LogP contribution is -2.40. The molecule has 0 saturated carbocycles. The Morgan fingerprint density at radius 2 is 1.69 bits per heavy atom. The molecule has 0 radical (unpaired) electrons. The van der Waals surface area contributed by atoms with Crippen LogP contribution in [0.1, 0.15) is 71.2 Å². The second-order valence-corrected chi connectivity index (χ2v) is 13.4. The van der Waals surface area contributed by atoms with Crippen LogP contribution in [0.3, 0.4) is 0 Å². The molecule has 1 atom stereocenters. The SMILES string of the molecule is CC/C(=C/N)c1nc(NCc2ccc(OCCOCCOCCOCCOCCN(C)C(=O)OC(C)(C)C)nc2)cc(N2CCCCC2CCO)n1. The molecule has 1 saturated heterocycles. The summed E-state index contributed by atoms with van der Waals surface area (Å²) >= 11 is 0. The second-order valence-electron chi connectivity index (χ2n) is 13.4. The summed E-state index contributed by atoms with van der Waals surface area (Å²) < 4.78 is 33.2. The van der Waals surface area contributed by atoms with E-state index >= 15 is 0 Å². The Morgan fingerprint density at radius 1 is 1.02 bits per heavy atom. The molecule has 1 amide bonds. The monoisotopic (exact) mass is 731 g/mol. The molecular formula is C37H61N7O8. The maximum absolute atomic E-state index is 11.9. The number of aliphatic hydroxyl groups is 1. The molecule has 0 aliphatic carbocycles. The van der Waals surface area contributed by atoms with E-state index in [1.54, 1.807) is 19.4 Å². The van der Waals surface area contributed by atoms with E-state index in [0.29, 0.717) is 96.5 Å². The van der Waals surface area contributed by atoms with Gasteiger partial charge in [-0.05, 0) is 58.4 Å². The molecule has 52 heavy (non-hydrogen) atoms. The van der Waals surface area contributed by atoms with E-state index in [9.17, 15) is 9.90 Å². The van der Waals surface area contributed by atoms with Crippen molar-refractivity contribution in [3.8, 4) is 5.88 Å². The number of hydrogen-bond donors (Lipinski definition) is 3. The number of rotatable bonds is 24. The highest BCUT2D eigenvalue weighted by atomic mass is 16.6. The predicted molar refractivity (Wildman–Crippen MR) is 200 cm³/mol. The van der Waals surface area contributed by atoms with Gasteiger partial charge in [0.2, 0.25) is 5.88 Å². The number of ether oxygens (including phenoxy) is 6. The van der Waals surface area contributed by atoms with Gasteiger partial charge in [-0.1, -0.05) is 13.0 Å². The number of hydrogen-bond acceptors (Lipinski definition) is 14. The number of anilines is 2. The van der Waals surface area contributed by atoms with Crippen molar-refractivity contribution in [3.63, 3.8) is 0 Å². The topological polar surface area (TPSA) is 176 Å². The number of amides is 1. The van der Waals surface area contributed by atoms with E-state index in [1.807, 2.05) is 45.9 Å². The van der Waals surface area contributed by atoms with Gasteiger partial charge in [0, 0.05) is 69.4 Å². The minimum absolute atomic E-state index is 0.151. The summed E-state index contributed by atoms with van der Waals surface area (Å²) in [5.74, 6) is 2.69. The van der Waals surface area contributed by atoms with Gasteiger partial charge in [-0.3, -0.25) is 0 Å². The molecule has 1 fully saturated rings. The number of aromatic nitrogens is 3. The summed E-state index contributed by atoms with van der Waals surface area (Å²) in [4.78, 5) is 29.8. The van der Waals surface area contributed by atoms with Crippen LogP contribution in [0.5, 0.6) is 5.88 Å². The summed E-state index contributed by atoms with van der Waals surface area (Å²) in [5.41, 5.74) is 7.24. The molecule has 3 rings (SSSR count). The number of nitrogens with zero attached hydrogens (tertiary/aromatic N) is 5. The Morgan fingerprint density at radius 3 is 2.29 bits per heavy atom. The van der Waals surface area contributed by atoms with E-state index in [-0.39, 0.29) is 18.7 Å². The quantitative estimate of drug-likeness (QED) is 0.131. The molecule has 2 aromatic heterocycles. The first-order chi connectivity index (χ1) is 25.1. The highest BCUT2D eigenvalue weighted by Crippen LogP contribution is 2.28. The zero-order chi connectivity index (χ0) is 37.6. The highest BCUT2D eigenvalue weighted by Gasteiger charge is 2.25. The van der Waals surface area contributed by atoms with Gasteiger partial charge in [0.15, 0.2) is 5.82 Å². The molecule has 3 heterocycles. The normalized spacial score (nSPS) is 15.1. The molecule has 2 aromatic rings. The number of likely N-dealkylation sites (N-methyl/N-ethyl adjacent to an activating group) is 1. The smallest absolute Gasteiger partial charge is 0.410 e. The second kappa shape index (κ2) is 23.7. The van der Waals surface area contributed by atoms with Crippen LogP contribution >= 0.6 is 0 Å². The molecule has 292 valence electrons. The third kappa shape index (κ3) is 16.3. The number of allylic oxidation sites excluding steroid dienone is 1. The Bertz CT molecular complexity index is 1320. The Balaban J connectivity index is 1.26. The van der Waals surface area contributed by atoms with Gasteiger partial charge in [-0.2, -0.15) is 0 Å². The Kier molecular flexibility index (Phi) is 19.5. The lowest BCUT2D eigenvalue weighted by Gasteiger charge is -2.36. The minimum atomic E-state index is -0.518. The predicted octanol–water partition coefficient (Wildman–Crippen LogP) is 4.25. The van der Waals surface area contributed by atoms with E-state index < -0.39 is 5.60 Å². The van der Waals surface area contributed by atoms with Crippen LogP contribution in [0, 0.1) is 0 Å². The summed E-state index contributed by atoms with van der Waals surface area (Å²) in [7, 11) is 1.68. The number of carbonyl (C=O) groups excluding carboxylic acids is 1. The molecular weight excluding hydrogens is 670 g/mol. The maximum atomic E-state index is 11.9. The minimum Gasteiger partial charge on any atom is -0.475 e. The Labute approximate surface area is 309 Å².